The summed E-state index contributed by atoms with van der Waals surface area (Å²) in [6.07, 6.45) is 3.14. The molecule has 3 nitrogen and oxygen atoms in total. The van der Waals surface area contributed by atoms with Gasteiger partial charge in [0.2, 0.25) is 0 Å². The molecule has 4 heterocycles. The Bertz CT molecular complexity index is 2020. The minimum Gasteiger partial charge on any atom is -0.324 e. The van der Waals surface area contributed by atoms with Crippen molar-refractivity contribution in [1.82, 2.24) is 9.97 Å². The van der Waals surface area contributed by atoms with Crippen LogP contribution in [-0.4, -0.2) is 9.97 Å². The second-order valence-electron chi connectivity index (χ2n) is 9.32. The van der Waals surface area contributed by atoms with Crippen LogP contribution in [0.25, 0.3) is 22.5 Å². The first kappa shape index (κ1) is 21.9. The van der Waals surface area contributed by atoms with E-state index in [4.69, 9.17) is 8.22 Å². The van der Waals surface area contributed by atoms with Crippen LogP contribution in [0.2, 0.25) is 0 Å². The Morgan fingerprint density at radius 1 is 0.690 bits per heavy atom. The van der Waals surface area contributed by atoms with Crippen LogP contribution in [0, 0.1) is 25.8 Å². The number of aryl methyl sites for hydroxylation is 2. The summed E-state index contributed by atoms with van der Waals surface area (Å²) in [7, 11) is 0. The molecular weight excluding hydrogens is 731 g/mol. The molecule has 6 aromatic rings. The SMILES string of the molecule is [2H]C([2H])([2H])c1c[c-]c(-c2ccc(C([2H])([2H])[2H])cn2)cc1.[Ir].[c-]1ccc2c(c1-c1ccccn1)Sc1cccc3c1N2c1ccccc1S3. The van der Waals surface area contributed by atoms with Crippen LogP contribution in [0.3, 0.4) is 0 Å². The number of benzene rings is 4. The van der Waals surface area contributed by atoms with E-state index in [0.29, 0.717) is 11.3 Å². The van der Waals surface area contributed by atoms with Crippen molar-refractivity contribution in [3.8, 4) is 22.5 Å². The second-order valence-corrected chi connectivity index (χ2v) is 11.5. The molecule has 2 aliphatic rings. The number of nitrogens with zero attached hydrogens (tertiary/aromatic N) is 3. The summed E-state index contributed by atoms with van der Waals surface area (Å²) in [6.45, 7) is -4.34. The number of anilines is 3. The topological polar surface area (TPSA) is 29.0 Å². The number of pyridine rings is 2. The van der Waals surface area contributed by atoms with Gasteiger partial charge in [-0.3, -0.25) is 0 Å². The van der Waals surface area contributed by atoms with E-state index >= 15 is 0 Å². The zero-order chi connectivity index (χ0) is 32.8. The molecule has 0 saturated heterocycles. The molecule has 0 atom stereocenters. The maximum absolute atomic E-state index is 7.28. The minimum atomic E-state index is -2.18. The number of rotatable bonds is 2. The fraction of sp³-hybridized carbons (Fsp3) is 0.0556. The van der Waals surface area contributed by atoms with Crippen LogP contribution < -0.4 is 4.90 Å². The second kappa shape index (κ2) is 12.3. The molecular formula is C36H25IrN3S2-2. The molecule has 0 spiro atoms. The summed E-state index contributed by atoms with van der Waals surface area (Å²) in [5.41, 5.74) is 7.29. The summed E-state index contributed by atoms with van der Waals surface area (Å²) >= 11 is 3.67. The smallest absolute Gasteiger partial charge is 0.0718 e. The number of hydrogen-bond donors (Lipinski definition) is 0. The normalized spacial score (nSPS) is 14.8. The summed E-state index contributed by atoms with van der Waals surface area (Å²) in [5.74, 6) is 0. The van der Waals surface area contributed by atoms with Gasteiger partial charge in [0.1, 0.15) is 0 Å². The maximum Gasteiger partial charge on any atom is 0.0718 e. The standard InChI is InChI=1S/C23H13N2S2.C13H12N.Ir/c1-2-11-19-17(9-1)25-18-10-5-7-15(16-8-3-4-14-24-16)23(18)27-21-13-6-12-20(26-19)22(21)25;1-10-3-6-12(7-4-10)13-8-5-11(2)9-14-13;/h1-6,8-14H;3-6,8-9H,1-2H3;/q2*-1;/i;1D3,2D3;. The molecule has 6 heteroatoms. The first-order chi connectivity index (χ1) is 22.6. The third kappa shape index (κ3) is 5.44. The largest absolute Gasteiger partial charge is 0.324 e. The monoisotopic (exact) mass is 762 g/mol. The van der Waals surface area contributed by atoms with Gasteiger partial charge in [-0.1, -0.05) is 61.1 Å². The number of aromatic nitrogens is 2. The zero-order valence-corrected chi connectivity index (χ0v) is 26.0. The van der Waals surface area contributed by atoms with Crippen LogP contribution in [0.5, 0.6) is 0 Å². The average Bonchev–Trinajstić information content (AvgIpc) is 3.08. The van der Waals surface area contributed by atoms with Gasteiger partial charge in [-0.2, -0.15) is 0 Å². The summed E-state index contributed by atoms with van der Waals surface area (Å²) in [4.78, 5) is 16.1. The Labute approximate surface area is 277 Å². The third-order valence-electron chi connectivity index (χ3n) is 6.67. The molecule has 0 fully saturated rings. The Morgan fingerprint density at radius 3 is 2.26 bits per heavy atom. The van der Waals surface area contributed by atoms with Crippen LogP contribution in [0.4, 0.5) is 17.1 Å². The van der Waals surface area contributed by atoms with E-state index in [0.717, 1.165) is 11.3 Å². The molecule has 0 amide bonds. The quantitative estimate of drug-likeness (QED) is 0.164. The third-order valence-corrected chi connectivity index (χ3v) is 8.95. The first-order valence-electron chi connectivity index (χ1n) is 15.9. The van der Waals surface area contributed by atoms with E-state index in [2.05, 4.69) is 81.6 Å². The van der Waals surface area contributed by atoms with Gasteiger partial charge in [-0.05, 0) is 64.7 Å². The van der Waals surface area contributed by atoms with Crippen LogP contribution >= 0.6 is 23.5 Å². The Morgan fingerprint density at radius 2 is 1.50 bits per heavy atom. The average molecular weight is 762 g/mol. The van der Waals surface area contributed by atoms with Crippen molar-refractivity contribution in [2.24, 2.45) is 0 Å². The van der Waals surface area contributed by atoms with E-state index in [1.165, 1.54) is 61.0 Å². The number of fused-ring (bicyclic) bond motifs is 4. The van der Waals surface area contributed by atoms with Crippen molar-refractivity contribution < 1.29 is 28.3 Å². The van der Waals surface area contributed by atoms with E-state index in [9.17, 15) is 0 Å². The van der Waals surface area contributed by atoms with Crippen molar-refractivity contribution in [1.29, 1.82) is 0 Å². The molecule has 2 aromatic heterocycles. The Kier molecular flexibility index (Phi) is 6.42. The summed E-state index contributed by atoms with van der Waals surface area (Å²) in [5, 5.41) is 0. The van der Waals surface area contributed by atoms with Gasteiger partial charge in [0.15, 0.2) is 0 Å². The first-order valence-corrected chi connectivity index (χ1v) is 14.5. The fourth-order valence-electron chi connectivity index (χ4n) is 4.81. The van der Waals surface area contributed by atoms with Crippen molar-refractivity contribution in [2.45, 2.75) is 33.3 Å². The van der Waals surface area contributed by atoms with Gasteiger partial charge in [0.25, 0.3) is 0 Å². The summed E-state index contributed by atoms with van der Waals surface area (Å²) < 4.78 is 43.6. The van der Waals surface area contributed by atoms with Crippen LogP contribution in [0.1, 0.15) is 19.4 Å². The van der Waals surface area contributed by atoms with Gasteiger partial charge in [-0.15, -0.1) is 70.9 Å². The Hall–Kier alpha value is -3.67. The molecule has 0 saturated carbocycles. The molecule has 0 bridgehead atoms. The molecule has 0 N–H and O–H groups in total. The van der Waals surface area contributed by atoms with E-state index < -0.39 is 13.7 Å². The summed E-state index contributed by atoms with van der Waals surface area (Å²) in [6, 6.07) is 39.3. The zero-order valence-electron chi connectivity index (χ0n) is 28.0. The number of para-hydroxylation sites is 2. The molecule has 0 unspecified atom stereocenters. The minimum absolute atomic E-state index is 0. The molecule has 0 aliphatic carbocycles. The van der Waals surface area contributed by atoms with Crippen molar-refractivity contribution in [3.05, 3.63) is 139 Å². The fourth-order valence-corrected chi connectivity index (χ4v) is 7.16. The van der Waals surface area contributed by atoms with Crippen molar-refractivity contribution in [3.63, 3.8) is 0 Å². The predicted octanol–water partition coefficient (Wildman–Crippen LogP) is 10.1. The Balaban J connectivity index is 0.000000172. The van der Waals surface area contributed by atoms with E-state index in [1.54, 1.807) is 12.1 Å². The van der Waals surface area contributed by atoms with Gasteiger partial charge >= 0.3 is 0 Å². The molecule has 1 radical (unpaired) electrons. The maximum atomic E-state index is 7.28. The predicted molar refractivity (Wildman–Crippen MR) is 169 cm³/mol. The molecule has 42 heavy (non-hydrogen) atoms. The number of hydrogen-bond acceptors (Lipinski definition) is 5. The molecule has 2 aliphatic heterocycles. The molecule has 207 valence electrons. The molecule has 8 rings (SSSR count). The van der Waals surface area contributed by atoms with Gasteiger partial charge in [0.05, 0.1) is 11.4 Å². The van der Waals surface area contributed by atoms with E-state index in [1.807, 2.05) is 47.9 Å². The molecule has 4 aromatic carbocycles. The van der Waals surface area contributed by atoms with Crippen LogP contribution in [-0.2, 0) is 20.1 Å². The van der Waals surface area contributed by atoms with Crippen LogP contribution in [0.15, 0.2) is 135 Å². The van der Waals surface area contributed by atoms with Gasteiger partial charge < -0.3 is 14.9 Å². The van der Waals surface area contributed by atoms with Gasteiger partial charge in [-0.25, -0.2) is 0 Å². The van der Waals surface area contributed by atoms with E-state index in [-0.39, 0.29) is 31.2 Å². The van der Waals surface area contributed by atoms with Crippen molar-refractivity contribution >= 4 is 40.6 Å². The van der Waals surface area contributed by atoms with Crippen molar-refractivity contribution in [2.75, 3.05) is 4.90 Å². The van der Waals surface area contributed by atoms with Gasteiger partial charge in [0, 0.05) is 55.4 Å².